The van der Waals surface area contributed by atoms with E-state index in [1.165, 1.54) is 12.1 Å². The van der Waals surface area contributed by atoms with Crippen LogP contribution in [0.2, 0.25) is 0 Å². The lowest BCUT2D eigenvalue weighted by atomic mass is 10.0. The van der Waals surface area contributed by atoms with Crippen molar-refractivity contribution < 1.29 is 9.18 Å². The number of amides is 1. The molecule has 5 heteroatoms. The Kier molecular flexibility index (Phi) is 5.61. The van der Waals surface area contributed by atoms with Crippen LogP contribution < -0.4 is 11.1 Å². The van der Waals surface area contributed by atoms with Crippen LogP contribution in [0.25, 0.3) is 0 Å². The summed E-state index contributed by atoms with van der Waals surface area (Å²) in [7, 11) is 0. The summed E-state index contributed by atoms with van der Waals surface area (Å²) in [5, 5.41) is 2.86. The average molecular weight is 316 g/mol. The first-order valence-electron chi connectivity index (χ1n) is 6.95. The third-order valence-corrected chi connectivity index (χ3v) is 3.38. The van der Waals surface area contributed by atoms with Crippen molar-refractivity contribution in [1.29, 1.82) is 0 Å². The van der Waals surface area contributed by atoms with Gasteiger partial charge in [0.2, 0.25) is 0 Å². The highest BCUT2D eigenvalue weighted by Crippen LogP contribution is 2.10. The first-order chi connectivity index (χ1) is 10.6. The van der Waals surface area contributed by atoms with Gasteiger partial charge in [0, 0.05) is 18.5 Å². The van der Waals surface area contributed by atoms with Crippen molar-refractivity contribution in [3.8, 4) is 0 Å². The van der Waals surface area contributed by atoms with Gasteiger partial charge in [-0.05, 0) is 35.7 Å². The normalized spacial score (nSPS) is 10.2. The number of benzene rings is 2. The summed E-state index contributed by atoms with van der Waals surface area (Å²) < 4.78 is 12.8. The van der Waals surface area contributed by atoms with Gasteiger partial charge in [-0.25, -0.2) is 4.39 Å². The molecule has 2 aromatic carbocycles. The van der Waals surface area contributed by atoms with E-state index in [1.807, 2.05) is 12.1 Å². The minimum absolute atomic E-state index is 0.158. The quantitative estimate of drug-likeness (QED) is 0.806. The van der Waals surface area contributed by atoms with Gasteiger partial charge < -0.3 is 11.1 Å². The molecule has 0 saturated carbocycles. The highest BCUT2D eigenvalue weighted by Gasteiger charge is 2.10. The van der Waals surface area contributed by atoms with Crippen LogP contribution in [-0.2, 0) is 12.8 Å². The van der Waals surface area contributed by atoms with Gasteiger partial charge in [0.1, 0.15) is 5.82 Å². The van der Waals surface area contributed by atoms with Gasteiger partial charge in [0.15, 0.2) is 0 Å². The Morgan fingerprint density at radius 2 is 1.82 bits per heavy atom. The Labute approximate surface area is 134 Å². The molecule has 3 N–H and O–H groups in total. The van der Waals surface area contributed by atoms with E-state index < -0.39 is 0 Å². The number of carbonyl (C=O) groups is 1. The molecule has 0 bridgehead atoms. The van der Waals surface area contributed by atoms with Gasteiger partial charge in [-0.2, -0.15) is 0 Å². The summed E-state index contributed by atoms with van der Waals surface area (Å²) in [4.78, 5) is 12.6. The maximum absolute atomic E-state index is 12.8. The number of hydrogen-bond donors (Lipinski definition) is 2. The minimum atomic E-state index is -0.264. The van der Waals surface area contributed by atoms with Gasteiger partial charge >= 0.3 is 0 Å². The fourth-order valence-corrected chi connectivity index (χ4v) is 2.31. The van der Waals surface area contributed by atoms with E-state index in [4.69, 9.17) is 18.0 Å². The largest absolute Gasteiger partial charge is 0.393 e. The van der Waals surface area contributed by atoms with E-state index in [2.05, 4.69) is 5.32 Å². The Morgan fingerprint density at radius 1 is 1.14 bits per heavy atom. The molecule has 0 aliphatic rings. The number of nitrogens with one attached hydrogen (secondary N) is 1. The van der Waals surface area contributed by atoms with E-state index in [0.29, 0.717) is 29.9 Å². The summed E-state index contributed by atoms with van der Waals surface area (Å²) in [5.41, 5.74) is 7.91. The van der Waals surface area contributed by atoms with Crippen molar-refractivity contribution in [3.05, 3.63) is 71.0 Å². The lowest BCUT2D eigenvalue weighted by Gasteiger charge is -2.10. The number of hydrogen-bond acceptors (Lipinski definition) is 2. The van der Waals surface area contributed by atoms with Crippen LogP contribution >= 0.6 is 12.2 Å². The molecular formula is C17H17FN2OS. The maximum atomic E-state index is 12.8. The van der Waals surface area contributed by atoms with Gasteiger partial charge in [-0.3, -0.25) is 4.79 Å². The molecule has 2 aromatic rings. The number of thiocarbonyl (C=S) groups is 1. The van der Waals surface area contributed by atoms with E-state index in [1.54, 1.807) is 24.3 Å². The molecule has 0 spiro atoms. The Bertz CT molecular complexity index is 671. The Hall–Kier alpha value is -2.27. The third-order valence-electron chi connectivity index (χ3n) is 3.24. The number of rotatable bonds is 6. The van der Waals surface area contributed by atoms with Crippen molar-refractivity contribution in [3.63, 3.8) is 0 Å². The monoisotopic (exact) mass is 316 g/mol. The molecule has 0 unspecified atom stereocenters. The predicted octanol–water partition coefficient (Wildman–Crippen LogP) is 2.63. The summed E-state index contributed by atoms with van der Waals surface area (Å²) in [6.07, 6.45) is 1.04. The molecule has 22 heavy (non-hydrogen) atoms. The maximum Gasteiger partial charge on any atom is 0.251 e. The lowest BCUT2D eigenvalue weighted by Crippen LogP contribution is -2.27. The fourth-order valence-electron chi connectivity index (χ4n) is 2.15. The summed E-state index contributed by atoms with van der Waals surface area (Å²) >= 11 is 4.90. The van der Waals surface area contributed by atoms with E-state index in [9.17, 15) is 9.18 Å². The molecule has 1 amide bonds. The molecule has 0 fully saturated rings. The van der Waals surface area contributed by atoms with Crippen molar-refractivity contribution in [2.45, 2.75) is 12.8 Å². The van der Waals surface area contributed by atoms with Gasteiger partial charge in [-0.1, -0.05) is 42.5 Å². The zero-order valence-electron chi connectivity index (χ0n) is 12.0. The van der Waals surface area contributed by atoms with Crippen molar-refractivity contribution >= 4 is 23.1 Å². The summed E-state index contributed by atoms with van der Waals surface area (Å²) in [6.45, 7) is 0.478. The second kappa shape index (κ2) is 7.66. The van der Waals surface area contributed by atoms with Crippen molar-refractivity contribution in [2.75, 3.05) is 6.54 Å². The highest BCUT2D eigenvalue weighted by molar-refractivity contribution is 7.80. The van der Waals surface area contributed by atoms with Gasteiger partial charge in [0.25, 0.3) is 5.91 Å². The Morgan fingerprint density at radius 3 is 2.50 bits per heavy atom. The minimum Gasteiger partial charge on any atom is -0.393 e. The second-order valence-corrected chi connectivity index (χ2v) is 5.46. The first-order valence-corrected chi connectivity index (χ1v) is 7.36. The van der Waals surface area contributed by atoms with Crippen LogP contribution in [0.4, 0.5) is 4.39 Å². The predicted molar refractivity (Wildman–Crippen MR) is 89.4 cm³/mol. The molecule has 2 rings (SSSR count). The van der Waals surface area contributed by atoms with Crippen LogP contribution in [0.15, 0.2) is 48.5 Å². The Balaban J connectivity index is 1.95. The number of carbonyl (C=O) groups excluding carboxylic acids is 1. The average Bonchev–Trinajstić information content (AvgIpc) is 2.49. The smallest absolute Gasteiger partial charge is 0.251 e. The molecule has 114 valence electrons. The zero-order valence-corrected chi connectivity index (χ0v) is 12.8. The number of nitrogens with two attached hydrogens (primary N) is 1. The summed E-state index contributed by atoms with van der Waals surface area (Å²) in [5.74, 6) is -0.423. The fraction of sp³-hybridized carbons (Fsp3) is 0.176. The molecule has 0 radical (unpaired) electrons. The molecule has 0 atom stereocenters. The molecule has 0 heterocycles. The van der Waals surface area contributed by atoms with E-state index in [0.717, 1.165) is 11.1 Å². The SMILES string of the molecule is NC(=S)Cc1ccccc1C(=O)NCCc1ccc(F)cc1. The zero-order chi connectivity index (χ0) is 15.9. The van der Waals surface area contributed by atoms with Crippen molar-refractivity contribution in [2.24, 2.45) is 5.73 Å². The third kappa shape index (κ3) is 4.63. The highest BCUT2D eigenvalue weighted by atomic mass is 32.1. The van der Waals surface area contributed by atoms with E-state index in [-0.39, 0.29) is 11.7 Å². The lowest BCUT2D eigenvalue weighted by molar-refractivity contribution is 0.0953. The second-order valence-electron chi connectivity index (χ2n) is 4.93. The van der Waals surface area contributed by atoms with Crippen LogP contribution in [0, 0.1) is 5.82 Å². The van der Waals surface area contributed by atoms with Gasteiger partial charge in [-0.15, -0.1) is 0 Å². The van der Waals surface area contributed by atoms with Gasteiger partial charge in [0.05, 0.1) is 4.99 Å². The molecule has 0 saturated heterocycles. The molecule has 0 aliphatic heterocycles. The molecular weight excluding hydrogens is 299 g/mol. The van der Waals surface area contributed by atoms with E-state index >= 15 is 0 Å². The molecule has 3 nitrogen and oxygen atoms in total. The molecule has 0 aliphatic carbocycles. The summed E-state index contributed by atoms with van der Waals surface area (Å²) in [6, 6.07) is 13.5. The number of halogens is 1. The van der Waals surface area contributed by atoms with Crippen molar-refractivity contribution in [1.82, 2.24) is 5.32 Å². The topological polar surface area (TPSA) is 55.1 Å². The van der Waals surface area contributed by atoms with Crippen LogP contribution in [-0.4, -0.2) is 17.4 Å². The molecule has 0 aromatic heterocycles. The van der Waals surface area contributed by atoms with Crippen LogP contribution in [0.5, 0.6) is 0 Å². The first kappa shape index (κ1) is 16.1. The standard InChI is InChI=1S/C17H17FN2OS/c18-14-7-5-12(6-8-14)9-10-20-17(21)15-4-2-1-3-13(15)11-16(19)22/h1-8H,9-11H2,(H2,19,22)(H,20,21). The van der Waals surface area contributed by atoms with Crippen LogP contribution in [0.3, 0.4) is 0 Å². The van der Waals surface area contributed by atoms with Crippen LogP contribution in [0.1, 0.15) is 21.5 Å².